The highest BCUT2D eigenvalue weighted by atomic mass is 16.5. The maximum absolute atomic E-state index is 9.04. The van der Waals surface area contributed by atoms with Crippen molar-refractivity contribution in [1.82, 2.24) is 4.90 Å². The second-order valence-electron chi connectivity index (χ2n) is 9.66. The van der Waals surface area contributed by atoms with Crippen molar-refractivity contribution in [2.75, 3.05) is 26.8 Å². The summed E-state index contributed by atoms with van der Waals surface area (Å²) in [6.45, 7) is 8.69. The Morgan fingerprint density at radius 2 is 1.80 bits per heavy atom. The normalized spacial score (nSPS) is 25.5. The van der Waals surface area contributed by atoms with E-state index in [1.54, 1.807) is 7.11 Å². The average Bonchev–Trinajstić information content (AvgIpc) is 3.15. The molecule has 4 nitrogen and oxygen atoms in total. The summed E-state index contributed by atoms with van der Waals surface area (Å²) in [7, 11) is 1.71. The molecule has 2 aliphatic rings. The van der Waals surface area contributed by atoms with E-state index in [1.165, 1.54) is 17.5 Å². The Morgan fingerprint density at radius 1 is 1.10 bits per heavy atom. The van der Waals surface area contributed by atoms with E-state index in [1.807, 2.05) is 24.3 Å². The monoisotopic (exact) mass is 404 g/mol. The van der Waals surface area contributed by atoms with E-state index in [9.17, 15) is 0 Å². The highest BCUT2D eigenvalue weighted by Crippen LogP contribution is 2.51. The second kappa shape index (κ2) is 8.41. The Balaban J connectivity index is 1.46. The van der Waals surface area contributed by atoms with Crippen molar-refractivity contribution in [3.63, 3.8) is 0 Å². The molecule has 0 amide bonds. The highest BCUT2D eigenvalue weighted by Gasteiger charge is 2.55. The van der Waals surface area contributed by atoms with Crippen molar-refractivity contribution in [2.45, 2.75) is 45.8 Å². The van der Waals surface area contributed by atoms with Crippen LogP contribution in [0.2, 0.25) is 0 Å². The quantitative estimate of drug-likeness (QED) is 0.664. The molecule has 4 heteroatoms. The van der Waals surface area contributed by atoms with Gasteiger partial charge in [0.05, 0.1) is 31.5 Å². The molecule has 2 aliphatic heterocycles. The Kier molecular flexibility index (Phi) is 5.86. The van der Waals surface area contributed by atoms with Crippen LogP contribution in [0.15, 0.2) is 48.5 Å². The first-order valence-corrected chi connectivity index (χ1v) is 10.9. The lowest BCUT2D eigenvalue weighted by molar-refractivity contribution is -0.223. The molecule has 2 atom stereocenters. The summed E-state index contributed by atoms with van der Waals surface area (Å²) < 4.78 is 11.5. The van der Waals surface area contributed by atoms with Gasteiger partial charge < -0.3 is 9.47 Å². The van der Waals surface area contributed by atoms with Gasteiger partial charge >= 0.3 is 0 Å². The summed E-state index contributed by atoms with van der Waals surface area (Å²) in [6, 6.07) is 18.7. The molecule has 0 aliphatic carbocycles. The summed E-state index contributed by atoms with van der Waals surface area (Å²) in [5, 5.41) is 9.04. The van der Waals surface area contributed by atoms with Gasteiger partial charge in [0.2, 0.25) is 0 Å². The number of ether oxygens (including phenoxy) is 2. The van der Waals surface area contributed by atoms with Gasteiger partial charge in [0.15, 0.2) is 0 Å². The van der Waals surface area contributed by atoms with E-state index in [-0.39, 0.29) is 10.8 Å². The van der Waals surface area contributed by atoms with Crippen LogP contribution in [0.25, 0.3) is 0 Å². The number of hydrogen-bond acceptors (Lipinski definition) is 4. The predicted molar refractivity (Wildman–Crippen MR) is 118 cm³/mol. The highest BCUT2D eigenvalue weighted by molar-refractivity contribution is 5.32. The number of nitriles is 1. The predicted octanol–water partition coefficient (Wildman–Crippen LogP) is 4.82. The molecule has 2 aromatic rings. The molecule has 2 fully saturated rings. The molecule has 0 aromatic heterocycles. The van der Waals surface area contributed by atoms with Crippen LogP contribution in [-0.4, -0.2) is 37.8 Å². The minimum Gasteiger partial charge on any atom is -0.497 e. The van der Waals surface area contributed by atoms with Crippen molar-refractivity contribution in [3.05, 3.63) is 65.2 Å². The van der Waals surface area contributed by atoms with Gasteiger partial charge in [0.25, 0.3) is 0 Å². The van der Waals surface area contributed by atoms with Crippen molar-refractivity contribution >= 4 is 0 Å². The van der Waals surface area contributed by atoms with Crippen LogP contribution < -0.4 is 4.74 Å². The van der Waals surface area contributed by atoms with E-state index in [0.717, 1.165) is 50.4 Å². The fraction of sp³-hybridized carbons (Fsp3) is 0.500. The molecule has 0 spiro atoms. The third-order valence-corrected chi connectivity index (χ3v) is 6.91. The molecular weight excluding hydrogens is 372 g/mol. The van der Waals surface area contributed by atoms with E-state index >= 15 is 0 Å². The number of nitrogens with zero attached hydrogens (tertiary/aromatic N) is 2. The van der Waals surface area contributed by atoms with Gasteiger partial charge in [0, 0.05) is 23.9 Å². The van der Waals surface area contributed by atoms with Crippen molar-refractivity contribution in [1.29, 1.82) is 5.26 Å². The van der Waals surface area contributed by atoms with E-state index < -0.39 is 0 Å². The minimum absolute atomic E-state index is 0.183. The van der Waals surface area contributed by atoms with Crippen LogP contribution >= 0.6 is 0 Å². The first-order chi connectivity index (χ1) is 14.4. The Labute approximate surface area is 180 Å². The molecule has 0 radical (unpaired) electrons. The zero-order chi connectivity index (χ0) is 21.2. The van der Waals surface area contributed by atoms with Crippen molar-refractivity contribution in [2.24, 2.45) is 10.8 Å². The molecular formula is C26H32N2O2. The Morgan fingerprint density at radius 3 is 2.37 bits per heavy atom. The zero-order valence-electron chi connectivity index (χ0n) is 18.4. The van der Waals surface area contributed by atoms with Crippen LogP contribution in [0, 0.1) is 22.2 Å². The van der Waals surface area contributed by atoms with Crippen molar-refractivity contribution < 1.29 is 9.47 Å². The number of rotatable bonds is 7. The molecule has 30 heavy (non-hydrogen) atoms. The van der Waals surface area contributed by atoms with Gasteiger partial charge in [-0.25, -0.2) is 0 Å². The first-order valence-electron chi connectivity index (χ1n) is 10.9. The van der Waals surface area contributed by atoms with Crippen LogP contribution in [-0.2, 0) is 17.7 Å². The number of aryl methyl sites for hydroxylation is 1. The Hall–Kier alpha value is -2.35. The number of methoxy groups -OCH3 is 1. The molecule has 158 valence electrons. The smallest absolute Gasteiger partial charge is 0.118 e. The third-order valence-electron chi connectivity index (χ3n) is 6.91. The van der Waals surface area contributed by atoms with E-state index in [4.69, 9.17) is 14.7 Å². The molecule has 4 rings (SSSR count). The van der Waals surface area contributed by atoms with E-state index in [0.29, 0.717) is 6.10 Å². The lowest BCUT2D eigenvalue weighted by Gasteiger charge is -2.54. The van der Waals surface area contributed by atoms with Gasteiger partial charge in [-0.15, -0.1) is 0 Å². The molecule has 2 heterocycles. The summed E-state index contributed by atoms with van der Waals surface area (Å²) in [6.07, 6.45) is 3.63. The fourth-order valence-electron chi connectivity index (χ4n) is 5.30. The molecule has 0 N–H and O–H groups in total. The number of benzene rings is 2. The summed E-state index contributed by atoms with van der Waals surface area (Å²) in [5.74, 6) is 0.904. The zero-order valence-corrected chi connectivity index (χ0v) is 18.4. The van der Waals surface area contributed by atoms with Crippen LogP contribution in [0.4, 0.5) is 0 Å². The molecule has 2 saturated heterocycles. The van der Waals surface area contributed by atoms with Gasteiger partial charge in [-0.1, -0.05) is 38.1 Å². The summed E-state index contributed by atoms with van der Waals surface area (Å²) in [5.41, 5.74) is 3.78. The first kappa shape index (κ1) is 20.9. The molecule has 0 saturated carbocycles. The lowest BCUT2D eigenvalue weighted by atomic mass is 9.64. The average molecular weight is 405 g/mol. The van der Waals surface area contributed by atoms with Gasteiger partial charge in [0.1, 0.15) is 5.75 Å². The topological polar surface area (TPSA) is 45.5 Å². The number of hydrogen-bond donors (Lipinski definition) is 0. The largest absolute Gasteiger partial charge is 0.497 e. The van der Waals surface area contributed by atoms with Gasteiger partial charge in [-0.05, 0) is 61.2 Å². The number of likely N-dealkylation sites (tertiary alicyclic amines) is 1. The fourth-order valence-corrected chi connectivity index (χ4v) is 5.30. The molecule has 1 unspecified atom stereocenters. The molecule has 0 bridgehead atoms. The Bertz CT molecular complexity index is 898. The summed E-state index contributed by atoms with van der Waals surface area (Å²) in [4.78, 5) is 2.58. The van der Waals surface area contributed by atoms with Gasteiger partial charge in [-0.2, -0.15) is 5.26 Å². The molecule has 2 aromatic carbocycles. The van der Waals surface area contributed by atoms with Crippen LogP contribution in [0.5, 0.6) is 5.75 Å². The minimum atomic E-state index is 0.183. The van der Waals surface area contributed by atoms with Crippen LogP contribution in [0.1, 0.15) is 43.4 Å². The van der Waals surface area contributed by atoms with E-state index in [2.05, 4.69) is 49.1 Å². The standard InChI is InChI=1S/C26H32N2O2/c1-25(2)19-30-24(25)26(13-12-20-4-6-21(16-27)7-5-20)14-15-28(18-26)17-22-8-10-23(29-3)11-9-22/h4-11,24H,12-15,17-19H2,1-3H3/t24?,26-/m1/s1. The summed E-state index contributed by atoms with van der Waals surface area (Å²) >= 11 is 0. The van der Waals surface area contributed by atoms with Crippen molar-refractivity contribution in [3.8, 4) is 11.8 Å². The maximum atomic E-state index is 9.04. The second-order valence-corrected chi connectivity index (χ2v) is 9.66. The van der Waals surface area contributed by atoms with Crippen LogP contribution in [0.3, 0.4) is 0 Å². The lowest BCUT2D eigenvalue weighted by Crippen LogP contribution is -2.58. The van der Waals surface area contributed by atoms with Gasteiger partial charge in [-0.3, -0.25) is 4.90 Å². The SMILES string of the molecule is COc1ccc(CN2CC[C@@](CCc3ccc(C#N)cc3)(C3OCC3(C)C)C2)cc1. The third kappa shape index (κ3) is 4.24. The maximum Gasteiger partial charge on any atom is 0.118 e.